The zero-order valence-electron chi connectivity index (χ0n) is 5.28. The lowest BCUT2D eigenvalue weighted by Gasteiger charge is -2.14. The number of hydrogen-bond donors (Lipinski definition) is 2. The third-order valence-corrected chi connectivity index (χ3v) is 1.51. The fourth-order valence-corrected chi connectivity index (χ4v) is 1.01. The highest BCUT2D eigenvalue weighted by Crippen LogP contribution is 2.19. The maximum Gasteiger partial charge on any atom is 0.156 e. The molecule has 0 radical (unpaired) electrons. The van der Waals surface area contributed by atoms with Crippen molar-refractivity contribution in [3.05, 3.63) is 24.0 Å². The Bertz CT molecular complexity index is 266. The van der Waals surface area contributed by atoms with Gasteiger partial charge in [0, 0.05) is 11.8 Å². The van der Waals surface area contributed by atoms with Crippen LogP contribution < -0.4 is 5.06 Å². The SMILES string of the molecule is ON1C=CCc2cn[nH]c21. The van der Waals surface area contributed by atoms with E-state index in [9.17, 15) is 0 Å². The number of anilines is 1. The van der Waals surface area contributed by atoms with E-state index >= 15 is 0 Å². The van der Waals surface area contributed by atoms with Gasteiger partial charge in [-0.25, -0.2) is 5.06 Å². The first-order chi connectivity index (χ1) is 4.88. The first-order valence-corrected chi connectivity index (χ1v) is 3.05. The molecule has 1 aromatic heterocycles. The Kier molecular flexibility index (Phi) is 1.01. The average molecular weight is 137 g/mol. The Morgan fingerprint density at radius 2 is 2.60 bits per heavy atom. The van der Waals surface area contributed by atoms with Gasteiger partial charge in [-0.1, -0.05) is 6.08 Å². The summed E-state index contributed by atoms with van der Waals surface area (Å²) in [5, 5.41) is 16.6. The largest absolute Gasteiger partial charge is 0.283 e. The van der Waals surface area contributed by atoms with E-state index in [-0.39, 0.29) is 0 Å². The van der Waals surface area contributed by atoms with Crippen LogP contribution in [-0.2, 0) is 6.42 Å². The van der Waals surface area contributed by atoms with Crippen LogP contribution in [0.3, 0.4) is 0 Å². The standard InChI is InChI=1S/C6H7N3O/c10-9-3-1-2-5-4-7-8-6(5)9/h1,3-4,10H,2H2,(H,7,8). The van der Waals surface area contributed by atoms with Crippen LogP contribution in [0.4, 0.5) is 5.82 Å². The van der Waals surface area contributed by atoms with Crippen LogP contribution in [0.2, 0.25) is 0 Å². The van der Waals surface area contributed by atoms with Crippen molar-refractivity contribution < 1.29 is 5.21 Å². The minimum Gasteiger partial charge on any atom is -0.283 e. The van der Waals surface area contributed by atoms with Crippen molar-refractivity contribution in [1.29, 1.82) is 0 Å². The molecule has 0 aliphatic carbocycles. The number of aromatic nitrogens is 2. The van der Waals surface area contributed by atoms with Gasteiger partial charge in [-0.15, -0.1) is 0 Å². The Balaban J connectivity index is 2.48. The second kappa shape index (κ2) is 1.85. The number of aromatic amines is 1. The molecule has 10 heavy (non-hydrogen) atoms. The normalized spacial score (nSPS) is 15.5. The molecule has 0 atom stereocenters. The molecule has 0 saturated heterocycles. The number of rotatable bonds is 0. The third-order valence-electron chi connectivity index (χ3n) is 1.51. The molecule has 1 aromatic rings. The molecule has 4 heteroatoms. The summed E-state index contributed by atoms with van der Waals surface area (Å²) in [6, 6.07) is 0. The van der Waals surface area contributed by atoms with Gasteiger partial charge in [-0.05, 0) is 6.42 Å². The van der Waals surface area contributed by atoms with Crippen molar-refractivity contribution in [2.45, 2.75) is 6.42 Å². The van der Waals surface area contributed by atoms with Crippen molar-refractivity contribution in [2.24, 2.45) is 0 Å². The molecule has 2 rings (SSSR count). The molecule has 0 bridgehead atoms. The molecule has 2 heterocycles. The lowest BCUT2D eigenvalue weighted by molar-refractivity contribution is 0.290. The van der Waals surface area contributed by atoms with Gasteiger partial charge < -0.3 is 0 Å². The lowest BCUT2D eigenvalue weighted by atomic mass is 10.2. The Labute approximate surface area is 57.7 Å². The maximum absolute atomic E-state index is 9.13. The zero-order valence-corrected chi connectivity index (χ0v) is 5.28. The zero-order chi connectivity index (χ0) is 6.97. The molecule has 1 aliphatic rings. The van der Waals surface area contributed by atoms with E-state index in [1.54, 1.807) is 12.4 Å². The summed E-state index contributed by atoms with van der Waals surface area (Å²) in [6.07, 6.45) is 6.02. The van der Waals surface area contributed by atoms with E-state index in [1.807, 2.05) is 6.08 Å². The highest BCUT2D eigenvalue weighted by atomic mass is 16.5. The van der Waals surface area contributed by atoms with Crippen molar-refractivity contribution >= 4 is 5.82 Å². The Morgan fingerprint density at radius 3 is 3.40 bits per heavy atom. The first-order valence-electron chi connectivity index (χ1n) is 3.05. The van der Waals surface area contributed by atoms with E-state index in [1.165, 1.54) is 0 Å². The molecular weight excluding hydrogens is 130 g/mol. The van der Waals surface area contributed by atoms with Crippen molar-refractivity contribution in [2.75, 3.05) is 5.06 Å². The highest BCUT2D eigenvalue weighted by Gasteiger charge is 2.11. The quantitative estimate of drug-likeness (QED) is 0.552. The number of nitrogens with zero attached hydrogens (tertiary/aromatic N) is 2. The van der Waals surface area contributed by atoms with Crippen molar-refractivity contribution in [3.63, 3.8) is 0 Å². The van der Waals surface area contributed by atoms with Gasteiger partial charge in [0.2, 0.25) is 0 Å². The van der Waals surface area contributed by atoms with Gasteiger partial charge in [-0.2, -0.15) is 5.10 Å². The predicted octanol–water partition coefficient (Wildman–Crippen LogP) is 0.675. The second-order valence-corrected chi connectivity index (χ2v) is 2.18. The number of allylic oxidation sites excluding steroid dienone is 1. The fourth-order valence-electron chi connectivity index (χ4n) is 1.01. The fraction of sp³-hybridized carbons (Fsp3) is 0.167. The van der Waals surface area contributed by atoms with Crippen molar-refractivity contribution in [1.82, 2.24) is 10.2 Å². The third kappa shape index (κ3) is 0.625. The van der Waals surface area contributed by atoms with Crippen LogP contribution in [0.15, 0.2) is 18.5 Å². The average Bonchev–Trinajstić information content (AvgIpc) is 2.36. The molecular formula is C6H7N3O. The Morgan fingerprint density at radius 1 is 1.70 bits per heavy atom. The van der Waals surface area contributed by atoms with Crippen LogP contribution in [0, 0.1) is 0 Å². The predicted molar refractivity (Wildman–Crippen MR) is 35.7 cm³/mol. The molecule has 0 saturated carbocycles. The molecule has 2 N–H and O–H groups in total. The van der Waals surface area contributed by atoms with Gasteiger partial charge in [0.05, 0.1) is 6.20 Å². The van der Waals surface area contributed by atoms with Crippen LogP contribution in [-0.4, -0.2) is 15.4 Å². The topological polar surface area (TPSA) is 52.1 Å². The van der Waals surface area contributed by atoms with E-state index in [4.69, 9.17) is 5.21 Å². The van der Waals surface area contributed by atoms with Gasteiger partial charge in [0.25, 0.3) is 0 Å². The van der Waals surface area contributed by atoms with E-state index in [2.05, 4.69) is 10.2 Å². The number of hydroxylamine groups is 1. The minimum atomic E-state index is 0.669. The van der Waals surface area contributed by atoms with Gasteiger partial charge >= 0.3 is 0 Å². The molecule has 52 valence electrons. The maximum atomic E-state index is 9.13. The second-order valence-electron chi connectivity index (χ2n) is 2.18. The monoisotopic (exact) mass is 137 g/mol. The van der Waals surface area contributed by atoms with Crippen LogP contribution in [0.5, 0.6) is 0 Å². The summed E-state index contributed by atoms with van der Waals surface area (Å²) in [6.45, 7) is 0. The Hall–Kier alpha value is -1.29. The lowest BCUT2D eigenvalue weighted by Crippen LogP contribution is -2.14. The molecule has 0 aromatic carbocycles. The summed E-state index contributed by atoms with van der Waals surface area (Å²) in [4.78, 5) is 0. The molecule has 0 amide bonds. The van der Waals surface area contributed by atoms with Crippen LogP contribution in [0.1, 0.15) is 5.56 Å². The molecule has 0 spiro atoms. The van der Waals surface area contributed by atoms with E-state index in [0.29, 0.717) is 5.82 Å². The summed E-state index contributed by atoms with van der Waals surface area (Å²) in [5.74, 6) is 0.669. The van der Waals surface area contributed by atoms with E-state index < -0.39 is 0 Å². The van der Waals surface area contributed by atoms with Gasteiger partial charge in [0.15, 0.2) is 5.82 Å². The summed E-state index contributed by atoms with van der Waals surface area (Å²) in [7, 11) is 0. The highest BCUT2D eigenvalue weighted by molar-refractivity contribution is 5.48. The van der Waals surface area contributed by atoms with E-state index in [0.717, 1.165) is 17.0 Å². The molecule has 4 nitrogen and oxygen atoms in total. The molecule has 0 fully saturated rings. The van der Waals surface area contributed by atoms with Crippen LogP contribution >= 0.6 is 0 Å². The van der Waals surface area contributed by atoms with Gasteiger partial charge in [-0.3, -0.25) is 10.3 Å². The number of nitrogens with one attached hydrogen (secondary N) is 1. The van der Waals surface area contributed by atoms with Gasteiger partial charge in [0.1, 0.15) is 0 Å². The number of hydrogen-bond acceptors (Lipinski definition) is 3. The smallest absolute Gasteiger partial charge is 0.156 e. The minimum absolute atomic E-state index is 0.669. The number of fused-ring (bicyclic) bond motifs is 1. The summed E-state index contributed by atoms with van der Waals surface area (Å²) < 4.78 is 0. The summed E-state index contributed by atoms with van der Waals surface area (Å²) >= 11 is 0. The van der Waals surface area contributed by atoms with Crippen molar-refractivity contribution in [3.8, 4) is 0 Å². The summed E-state index contributed by atoms with van der Waals surface area (Å²) in [5.41, 5.74) is 1.02. The first kappa shape index (κ1) is 5.49. The molecule has 0 unspecified atom stereocenters. The molecule has 1 aliphatic heterocycles. The van der Waals surface area contributed by atoms with Crippen LogP contribution in [0.25, 0.3) is 0 Å². The number of H-pyrrole nitrogens is 1.